The molecule has 2 atom stereocenters. The number of ketones is 1. The fourth-order valence-corrected chi connectivity index (χ4v) is 2.66. The smallest absolute Gasteiger partial charge is 0.355 e. The lowest BCUT2D eigenvalue weighted by Gasteiger charge is -2.15. The molecule has 1 saturated heterocycles. The Balaban J connectivity index is 1.92. The van der Waals surface area contributed by atoms with E-state index in [1.165, 1.54) is 38.3 Å². The van der Waals surface area contributed by atoms with Crippen LogP contribution in [0.5, 0.6) is 0 Å². The highest BCUT2D eigenvalue weighted by Gasteiger charge is 2.55. The molecule has 0 unspecified atom stereocenters. The van der Waals surface area contributed by atoms with Crippen molar-refractivity contribution in [2.45, 2.75) is 13.0 Å². The molecule has 0 radical (unpaired) electrons. The standard InChI is InChI=1S/C15H13N3O5/c1-7(19)8-3-5-9(6-4-8)18-13(20)10-11(14(18)21)16-17-12(10)15(22)23-2/h3-6,10-11,16H,1-2H3/t10-,11+/m0/s1. The molecule has 1 N–H and O–H groups in total. The summed E-state index contributed by atoms with van der Waals surface area (Å²) in [5.74, 6) is -2.92. The number of carbonyl (C=O) groups excluding carboxylic acids is 4. The van der Waals surface area contributed by atoms with Gasteiger partial charge in [-0.3, -0.25) is 19.8 Å². The molecule has 0 saturated carbocycles. The molecule has 8 heteroatoms. The van der Waals surface area contributed by atoms with Gasteiger partial charge in [-0.1, -0.05) is 0 Å². The van der Waals surface area contributed by atoms with Crippen LogP contribution < -0.4 is 10.3 Å². The first-order chi connectivity index (χ1) is 11.0. The minimum atomic E-state index is -0.998. The summed E-state index contributed by atoms with van der Waals surface area (Å²) in [6.07, 6.45) is 0. The predicted octanol–water partition coefficient (Wildman–Crippen LogP) is -0.121. The van der Waals surface area contributed by atoms with E-state index in [-0.39, 0.29) is 11.5 Å². The van der Waals surface area contributed by atoms with Crippen molar-refractivity contribution in [1.29, 1.82) is 0 Å². The maximum absolute atomic E-state index is 12.6. The largest absolute Gasteiger partial charge is 0.464 e. The van der Waals surface area contributed by atoms with Crippen LogP contribution in [0.4, 0.5) is 5.69 Å². The Morgan fingerprint density at radius 1 is 1.17 bits per heavy atom. The Labute approximate surface area is 131 Å². The lowest BCUT2D eigenvalue weighted by atomic mass is 9.99. The van der Waals surface area contributed by atoms with E-state index >= 15 is 0 Å². The van der Waals surface area contributed by atoms with Crippen molar-refractivity contribution in [2.24, 2.45) is 11.0 Å². The van der Waals surface area contributed by atoms with E-state index in [0.717, 1.165) is 4.90 Å². The summed E-state index contributed by atoms with van der Waals surface area (Å²) in [4.78, 5) is 48.9. The number of rotatable bonds is 3. The van der Waals surface area contributed by atoms with Gasteiger partial charge < -0.3 is 4.74 Å². The maximum Gasteiger partial charge on any atom is 0.355 e. The number of Topliss-reactive ketones (excluding diaryl/α,β-unsaturated/α-hetero) is 1. The van der Waals surface area contributed by atoms with E-state index in [9.17, 15) is 19.2 Å². The Hall–Kier alpha value is -3.03. The highest BCUT2D eigenvalue weighted by Crippen LogP contribution is 2.30. The topological polar surface area (TPSA) is 105 Å². The third-order valence-electron chi connectivity index (χ3n) is 3.85. The number of nitrogens with one attached hydrogen (secondary N) is 1. The highest BCUT2D eigenvalue weighted by atomic mass is 16.5. The molecule has 1 aromatic carbocycles. The number of amides is 2. The molecule has 2 amide bonds. The number of ether oxygens (including phenoxy) is 1. The van der Waals surface area contributed by atoms with Crippen LogP contribution in [0.2, 0.25) is 0 Å². The first-order valence-electron chi connectivity index (χ1n) is 6.86. The number of hydrogen-bond acceptors (Lipinski definition) is 7. The van der Waals surface area contributed by atoms with Crippen LogP contribution >= 0.6 is 0 Å². The summed E-state index contributed by atoms with van der Waals surface area (Å²) in [7, 11) is 1.18. The summed E-state index contributed by atoms with van der Waals surface area (Å²) in [5.41, 5.74) is 3.22. The Bertz CT molecular complexity index is 753. The number of anilines is 1. The van der Waals surface area contributed by atoms with E-state index in [1.54, 1.807) is 0 Å². The number of hydrogen-bond donors (Lipinski definition) is 1. The zero-order valence-electron chi connectivity index (χ0n) is 12.4. The molecule has 2 aliphatic rings. The van der Waals surface area contributed by atoms with Crippen molar-refractivity contribution in [2.75, 3.05) is 12.0 Å². The number of benzene rings is 1. The van der Waals surface area contributed by atoms with Gasteiger partial charge in [0.2, 0.25) is 5.91 Å². The number of carbonyl (C=O) groups is 4. The van der Waals surface area contributed by atoms with Gasteiger partial charge in [-0.05, 0) is 31.2 Å². The molecule has 0 spiro atoms. The number of hydrazone groups is 1. The molecule has 0 aliphatic carbocycles. The second kappa shape index (κ2) is 5.31. The molecule has 23 heavy (non-hydrogen) atoms. The van der Waals surface area contributed by atoms with Crippen LogP contribution in [0, 0.1) is 5.92 Å². The lowest BCUT2D eigenvalue weighted by molar-refractivity contribution is -0.133. The van der Waals surface area contributed by atoms with Gasteiger partial charge in [-0.25, -0.2) is 9.69 Å². The first kappa shape index (κ1) is 14.9. The lowest BCUT2D eigenvalue weighted by Crippen LogP contribution is -2.36. The fourth-order valence-electron chi connectivity index (χ4n) is 2.66. The molecule has 0 aromatic heterocycles. The quantitative estimate of drug-likeness (QED) is 0.473. The van der Waals surface area contributed by atoms with Gasteiger partial charge in [-0.15, -0.1) is 0 Å². The van der Waals surface area contributed by atoms with Gasteiger partial charge in [0.1, 0.15) is 12.0 Å². The van der Waals surface area contributed by atoms with Crippen molar-refractivity contribution in [3.63, 3.8) is 0 Å². The summed E-state index contributed by atoms with van der Waals surface area (Å²) < 4.78 is 4.58. The van der Waals surface area contributed by atoms with Crippen LogP contribution in [0.3, 0.4) is 0 Å². The Morgan fingerprint density at radius 2 is 1.83 bits per heavy atom. The maximum atomic E-state index is 12.6. The average molecular weight is 315 g/mol. The molecule has 2 heterocycles. The number of fused-ring (bicyclic) bond motifs is 1. The van der Waals surface area contributed by atoms with Crippen LogP contribution in [0.15, 0.2) is 29.4 Å². The summed E-state index contributed by atoms with van der Waals surface area (Å²) in [6, 6.07) is 5.19. The van der Waals surface area contributed by atoms with Crippen molar-refractivity contribution in [3.05, 3.63) is 29.8 Å². The highest BCUT2D eigenvalue weighted by molar-refractivity contribution is 6.46. The zero-order valence-corrected chi connectivity index (χ0v) is 12.4. The Kier molecular flexibility index (Phi) is 3.44. The summed E-state index contributed by atoms with van der Waals surface area (Å²) in [6.45, 7) is 1.43. The van der Waals surface area contributed by atoms with Crippen LogP contribution in [-0.4, -0.2) is 42.4 Å². The van der Waals surface area contributed by atoms with Crippen molar-refractivity contribution < 1.29 is 23.9 Å². The zero-order chi connectivity index (χ0) is 16.7. The van der Waals surface area contributed by atoms with Crippen molar-refractivity contribution >= 4 is 35.0 Å². The van der Waals surface area contributed by atoms with Crippen molar-refractivity contribution in [1.82, 2.24) is 5.43 Å². The molecule has 1 aromatic rings. The van der Waals surface area contributed by atoms with Crippen LogP contribution in [-0.2, 0) is 19.1 Å². The monoisotopic (exact) mass is 315 g/mol. The molecule has 1 fully saturated rings. The van der Waals surface area contributed by atoms with Gasteiger partial charge >= 0.3 is 5.97 Å². The first-order valence-corrected chi connectivity index (χ1v) is 6.86. The average Bonchev–Trinajstić information content (AvgIpc) is 3.08. The van der Waals surface area contributed by atoms with Gasteiger partial charge in [0.05, 0.1) is 12.8 Å². The molecular weight excluding hydrogens is 302 g/mol. The number of methoxy groups -OCH3 is 1. The van der Waals surface area contributed by atoms with E-state index in [4.69, 9.17) is 0 Å². The Morgan fingerprint density at radius 3 is 2.39 bits per heavy atom. The second-order valence-electron chi connectivity index (χ2n) is 5.19. The molecular formula is C15H13N3O5. The van der Waals surface area contributed by atoms with Gasteiger partial charge in [0, 0.05) is 5.56 Å². The van der Waals surface area contributed by atoms with Crippen LogP contribution in [0.1, 0.15) is 17.3 Å². The molecule has 8 nitrogen and oxygen atoms in total. The third-order valence-corrected chi connectivity index (χ3v) is 3.85. The van der Waals surface area contributed by atoms with Gasteiger partial charge in [0.25, 0.3) is 5.91 Å². The number of nitrogens with zero attached hydrogens (tertiary/aromatic N) is 2. The molecule has 118 valence electrons. The summed E-state index contributed by atoms with van der Waals surface area (Å²) >= 11 is 0. The number of imide groups is 1. The SMILES string of the molecule is COC(=O)C1=NN[C@H]2C(=O)N(c3ccc(C(C)=O)cc3)C(=O)[C@H]12. The minimum absolute atomic E-state index is 0.112. The fraction of sp³-hybridized carbons (Fsp3) is 0.267. The minimum Gasteiger partial charge on any atom is -0.464 e. The van der Waals surface area contributed by atoms with E-state index < -0.39 is 29.7 Å². The molecule has 0 bridgehead atoms. The third kappa shape index (κ3) is 2.19. The normalized spacial score (nSPS) is 22.5. The number of esters is 1. The van der Waals surface area contributed by atoms with Gasteiger partial charge in [-0.2, -0.15) is 5.10 Å². The van der Waals surface area contributed by atoms with Crippen molar-refractivity contribution in [3.8, 4) is 0 Å². The second-order valence-corrected chi connectivity index (χ2v) is 5.19. The van der Waals surface area contributed by atoms with E-state index in [2.05, 4.69) is 15.3 Å². The van der Waals surface area contributed by atoms with Crippen LogP contribution in [0.25, 0.3) is 0 Å². The van der Waals surface area contributed by atoms with Gasteiger partial charge in [0.15, 0.2) is 11.5 Å². The van der Waals surface area contributed by atoms with E-state index in [0.29, 0.717) is 11.3 Å². The summed E-state index contributed by atoms with van der Waals surface area (Å²) in [5, 5.41) is 3.74. The van der Waals surface area contributed by atoms with E-state index in [1.807, 2.05) is 0 Å². The molecule has 2 aliphatic heterocycles. The molecule has 3 rings (SSSR count). The predicted molar refractivity (Wildman–Crippen MR) is 78.8 cm³/mol.